The fourth-order valence-electron chi connectivity index (χ4n) is 3.51. The van der Waals surface area contributed by atoms with Gasteiger partial charge in [0, 0.05) is 12.1 Å². The molecule has 0 radical (unpaired) electrons. The summed E-state index contributed by atoms with van der Waals surface area (Å²) in [6.45, 7) is 1.49. The lowest BCUT2D eigenvalue weighted by atomic mass is 9.92. The Kier molecular flexibility index (Phi) is 4.98. The standard InChI is InChI=1S/C23H21NOS/c26-23(19-10-3-1-4-11-19)24-16-15-18-9-7-8-14-21(18)22(24)17-25-20-12-5-2-6-13-20/h1-14,22H,15-17H2. The molecule has 0 saturated carbocycles. The van der Waals surface area contributed by atoms with Crippen molar-refractivity contribution < 1.29 is 4.74 Å². The SMILES string of the molecule is S=C(c1ccccc1)N1CCc2ccccc2C1COc1ccccc1. The average molecular weight is 359 g/mol. The van der Waals surface area contributed by atoms with Crippen molar-refractivity contribution in [2.24, 2.45) is 0 Å². The number of rotatable bonds is 4. The summed E-state index contributed by atoms with van der Waals surface area (Å²) in [5.74, 6) is 0.890. The molecule has 1 atom stereocenters. The zero-order chi connectivity index (χ0) is 17.8. The van der Waals surface area contributed by atoms with E-state index in [9.17, 15) is 0 Å². The molecule has 0 bridgehead atoms. The molecule has 0 N–H and O–H groups in total. The molecule has 3 aromatic carbocycles. The van der Waals surface area contributed by atoms with Gasteiger partial charge < -0.3 is 9.64 Å². The second kappa shape index (κ2) is 7.71. The van der Waals surface area contributed by atoms with E-state index in [4.69, 9.17) is 17.0 Å². The highest BCUT2D eigenvalue weighted by molar-refractivity contribution is 7.80. The first-order chi connectivity index (χ1) is 12.8. The maximum Gasteiger partial charge on any atom is 0.119 e. The molecule has 1 aliphatic rings. The van der Waals surface area contributed by atoms with Crippen LogP contribution >= 0.6 is 12.2 Å². The Hall–Kier alpha value is -2.65. The van der Waals surface area contributed by atoms with E-state index in [1.165, 1.54) is 11.1 Å². The van der Waals surface area contributed by atoms with Gasteiger partial charge in [0.2, 0.25) is 0 Å². The van der Waals surface area contributed by atoms with Crippen LogP contribution in [-0.2, 0) is 6.42 Å². The van der Waals surface area contributed by atoms with Crippen molar-refractivity contribution in [3.63, 3.8) is 0 Å². The van der Waals surface area contributed by atoms with Crippen LogP contribution in [0.2, 0.25) is 0 Å². The molecule has 130 valence electrons. The van der Waals surface area contributed by atoms with Crippen LogP contribution in [0.5, 0.6) is 5.75 Å². The monoisotopic (exact) mass is 359 g/mol. The fourth-order valence-corrected chi connectivity index (χ4v) is 3.87. The summed E-state index contributed by atoms with van der Waals surface area (Å²) in [5.41, 5.74) is 3.79. The topological polar surface area (TPSA) is 12.5 Å². The minimum absolute atomic E-state index is 0.118. The minimum atomic E-state index is 0.118. The Morgan fingerprint density at radius 1 is 0.885 bits per heavy atom. The van der Waals surface area contributed by atoms with Gasteiger partial charge in [0.1, 0.15) is 17.3 Å². The van der Waals surface area contributed by atoms with Crippen molar-refractivity contribution >= 4 is 17.2 Å². The van der Waals surface area contributed by atoms with Crippen molar-refractivity contribution in [2.45, 2.75) is 12.5 Å². The van der Waals surface area contributed by atoms with Gasteiger partial charge in [0.05, 0.1) is 6.04 Å². The van der Waals surface area contributed by atoms with Crippen LogP contribution < -0.4 is 4.74 Å². The lowest BCUT2D eigenvalue weighted by molar-refractivity contribution is 0.191. The summed E-state index contributed by atoms with van der Waals surface area (Å²) in [6, 6.07) is 29.0. The highest BCUT2D eigenvalue weighted by atomic mass is 32.1. The number of para-hydroxylation sites is 1. The lowest BCUT2D eigenvalue weighted by Gasteiger charge is -2.39. The van der Waals surface area contributed by atoms with E-state index in [1.54, 1.807) is 0 Å². The number of hydrogen-bond donors (Lipinski definition) is 0. The highest BCUT2D eigenvalue weighted by Gasteiger charge is 2.29. The molecule has 2 nitrogen and oxygen atoms in total. The summed E-state index contributed by atoms with van der Waals surface area (Å²) < 4.78 is 6.12. The second-order valence-electron chi connectivity index (χ2n) is 6.45. The van der Waals surface area contributed by atoms with E-state index in [0.29, 0.717) is 6.61 Å². The zero-order valence-corrected chi connectivity index (χ0v) is 15.4. The van der Waals surface area contributed by atoms with Gasteiger partial charge in [-0.15, -0.1) is 0 Å². The van der Waals surface area contributed by atoms with Gasteiger partial charge in [-0.3, -0.25) is 0 Å². The third-order valence-electron chi connectivity index (χ3n) is 4.85. The van der Waals surface area contributed by atoms with Crippen LogP contribution in [0.15, 0.2) is 84.9 Å². The van der Waals surface area contributed by atoms with E-state index in [1.807, 2.05) is 48.5 Å². The minimum Gasteiger partial charge on any atom is -0.491 e. The van der Waals surface area contributed by atoms with E-state index >= 15 is 0 Å². The molecule has 4 rings (SSSR count). The molecule has 1 aliphatic heterocycles. The molecule has 0 fully saturated rings. The first kappa shape index (κ1) is 16.8. The molecule has 1 unspecified atom stereocenters. The van der Waals surface area contributed by atoms with Crippen LogP contribution in [0.3, 0.4) is 0 Å². The predicted molar refractivity (Wildman–Crippen MR) is 110 cm³/mol. The van der Waals surface area contributed by atoms with Crippen LogP contribution in [-0.4, -0.2) is 23.0 Å². The van der Waals surface area contributed by atoms with Crippen molar-refractivity contribution in [3.8, 4) is 5.75 Å². The molecule has 0 spiro atoms. The summed E-state index contributed by atoms with van der Waals surface area (Å²) in [7, 11) is 0. The third-order valence-corrected chi connectivity index (χ3v) is 5.32. The molecule has 0 aromatic heterocycles. The maximum atomic E-state index is 6.12. The number of hydrogen-bond acceptors (Lipinski definition) is 2. The smallest absolute Gasteiger partial charge is 0.119 e. The molecular weight excluding hydrogens is 338 g/mol. The first-order valence-electron chi connectivity index (χ1n) is 8.94. The highest BCUT2D eigenvalue weighted by Crippen LogP contribution is 2.32. The number of fused-ring (bicyclic) bond motifs is 1. The molecular formula is C23H21NOS. The van der Waals surface area contributed by atoms with Crippen molar-refractivity contribution in [3.05, 3.63) is 102 Å². The molecule has 3 heteroatoms. The normalized spacial score (nSPS) is 16.0. The third kappa shape index (κ3) is 3.49. The van der Waals surface area contributed by atoms with Gasteiger partial charge in [0.25, 0.3) is 0 Å². The van der Waals surface area contributed by atoms with E-state index in [-0.39, 0.29) is 6.04 Å². The van der Waals surface area contributed by atoms with Crippen LogP contribution in [0.4, 0.5) is 0 Å². The van der Waals surface area contributed by atoms with Gasteiger partial charge in [-0.25, -0.2) is 0 Å². The summed E-state index contributed by atoms with van der Waals surface area (Å²) >= 11 is 5.85. The Morgan fingerprint density at radius 3 is 2.31 bits per heavy atom. The molecule has 1 heterocycles. The van der Waals surface area contributed by atoms with Crippen molar-refractivity contribution in [1.82, 2.24) is 4.90 Å². The molecule has 3 aromatic rings. The van der Waals surface area contributed by atoms with E-state index in [2.05, 4.69) is 41.3 Å². The van der Waals surface area contributed by atoms with Gasteiger partial charge in [-0.2, -0.15) is 0 Å². The Bertz CT molecular complexity index is 879. The summed E-state index contributed by atoms with van der Waals surface area (Å²) in [6.07, 6.45) is 1.00. The van der Waals surface area contributed by atoms with Gasteiger partial charge in [0.15, 0.2) is 0 Å². The summed E-state index contributed by atoms with van der Waals surface area (Å²) in [5, 5.41) is 0. The predicted octanol–water partition coefficient (Wildman–Crippen LogP) is 5.04. The molecule has 0 amide bonds. The quantitative estimate of drug-likeness (QED) is 0.606. The number of benzene rings is 3. The van der Waals surface area contributed by atoms with Crippen LogP contribution in [0, 0.1) is 0 Å². The Labute approximate surface area is 160 Å². The maximum absolute atomic E-state index is 6.12. The Balaban J connectivity index is 1.63. The first-order valence-corrected chi connectivity index (χ1v) is 9.35. The average Bonchev–Trinajstić information content (AvgIpc) is 2.73. The van der Waals surface area contributed by atoms with E-state index in [0.717, 1.165) is 29.3 Å². The van der Waals surface area contributed by atoms with Gasteiger partial charge in [-0.05, 0) is 29.7 Å². The number of thiocarbonyl (C=S) groups is 1. The zero-order valence-electron chi connectivity index (χ0n) is 14.5. The van der Waals surface area contributed by atoms with E-state index < -0.39 is 0 Å². The van der Waals surface area contributed by atoms with Crippen molar-refractivity contribution in [2.75, 3.05) is 13.2 Å². The van der Waals surface area contributed by atoms with Crippen LogP contribution in [0.1, 0.15) is 22.7 Å². The molecule has 26 heavy (non-hydrogen) atoms. The van der Waals surface area contributed by atoms with Gasteiger partial charge in [-0.1, -0.05) is 85.0 Å². The van der Waals surface area contributed by atoms with Crippen molar-refractivity contribution in [1.29, 1.82) is 0 Å². The van der Waals surface area contributed by atoms with Gasteiger partial charge >= 0.3 is 0 Å². The largest absolute Gasteiger partial charge is 0.491 e. The number of ether oxygens (including phenoxy) is 1. The lowest BCUT2D eigenvalue weighted by Crippen LogP contribution is -2.42. The van der Waals surface area contributed by atoms with Crippen LogP contribution in [0.25, 0.3) is 0 Å². The number of nitrogens with zero attached hydrogens (tertiary/aromatic N) is 1. The Morgan fingerprint density at radius 2 is 1.54 bits per heavy atom. The summed E-state index contributed by atoms with van der Waals surface area (Å²) in [4.78, 5) is 3.21. The second-order valence-corrected chi connectivity index (χ2v) is 6.84. The molecule has 0 saturated heterocycles. The fraction of sp³-hybridized carbons (Fsp3) is 0.174. The molecule has 0 aliphatic carbocycles.